The molecule has 1 rings (SSSR count). The molecule has 0 N–H and O–H groups in total. The van der Waals surface area contributed by atoms with Crippen LogP contribution >= 0.6 is 23.2 Å². The van der Waals surface area contributed by atoms with Crippen molar-refractivity contribution in [2.75, 3.05) is 5.88 Å². The maximum Gasteiger partial charge on any atom is 0.0835 e. The molecular weight excluding hydrogens is 191 g/mol. The van der Waals surface area contributed by atoms with Crippen molar-refractivity contribution in [3.8, 4) is 11.8 Å². The fraction of sp³-hybridized carbons (Fsp3) is 0.200. The van der Waals surface area contributed by atoms with Crippen LogP contribution < -0.4 is 0 Å². The van der Waals surface area contributed by atoms with Crippen LogP contribution in [-0.2, 0) is 6.42 Å². The molecule has 0 aliphatic heterocycles. The molecular formula is C10H8Cl2. The molecule has 0 spiro atoms. The van der Waals surface area contributed by atoms with Gasteiger partial charge in [-0.3, -0.25) is 0 Å². The molecule has 0 amide bonds. The highest BCUT2D eigenvalue weighted by atomic mass is 35.5. The topological polar surface area (TPSA) is 0 Å². The van der Waals surface area contributed by atoms with Crippen molar-refractivity contribution in [2.24, 2.45) is 0 Å². The van der Waals surface area contributed by atoms with Gasteiger partial charge in [0, 0.05) is 11.4 Å². The highest BCUT2D eigenvalue weighted by Gasteiger charge is 1.89. The predicted octanol–water partition coefficient (Wildman–Crippen LogP) is 3.12. The summed E-state index contributed by atoms with van der Waals surface area (Å²) in [5, 5.41) is 0.750. The summed E-state index contributed by atoms with van der Waals surface area (Å²) in [6.45, 7) is 0. The van der Waals surface area contributed by atoms with E-state index < -0.39 is 0 Å². The van der Waals surface area contributed by atoms with Gasteiger partial charge in [-0.15, -0.1) is 11.6 Å². The molecule has 0 bridgehead atoms. The van der Waals surface area contributed by atoms with Crippen LogP contribution in [-0.4, -0.2) is 5.88 Å². The van der Waals surface area contributed by atoms with Crippen molar-refractivity contribution in [2.45, 2.75) is 6.42 Å². The lowest BCUT2D eigenvalue weighted by atomic mass is 10.2. The van der Waals surface area contributed by atoms with Crippen LogP contribution in [0.15, 0.2) is 24.3 Å². The number of alkyl halides is 1. The van der Waals surface area contributed by atoms with E-state index in [1.165, 1.54) is 0 Å². The summed E-state index contributed by atoms with van der Waals surface area (Å²) in [7, 11) is 0. The summed E-state index contributed by atoms with van der Waals surface area (Å²) in [6.07, 6.45) is 0.716. The minimum atomic E-state index is 0.389. The third-order valence-electron chi connectivity index (χ3n) is 1.37. The minimum Gasteiger partial charge on any atom is -0.113 e. The second-order valence-corrected chi connectivity index (χ2v) is 3.00. The first kappa shape index (κ1) is 9.45. The zero-order valence-electron chi connectivity index (χ0n) is 6.48. The van der Waals surface area contributed by atoms with E-state index in [0.29, 0.717) is 12.3 Å². The molecule has 0 saturated heterocycles. The Hall–Kier alpha value is -0.640. The molecule has 0 fully saturated rings. The average Bonchev–Trinajstić information content (AvgIpc) is 2.05. The summed E-state index contributed by atoms with van der Waals surface area (Å²) >= 11 is 11.2. The van der Waals surface area contributed by atoms with Crippen molar-refractivity contribution in [1.82, 2.24) is 0 Å². The molecule has 0 aromatic heterocycles. The summed E-state index contributed by atoms with van der Waals surface area (Å²) in [5.74, 6) is 6.12. The van der Waals surface area contributed by atoms with Gasteiger partial charge in [0.2, 0.25) is 0 Å². The normalized spacial score (nSPS) is 8.83. The van der Waals surface area contributed by atoms with Gasteiger partial charge in [-0.05, 0) is 17.7 Å². The van der Waals surface area contributed by atoms with Gasteiger partial charge < -0.3 is 0 Å². The molecule has 0 aliphatic carbocycles. The fourth-order valence-electron chi connectivity index (χ4n) is 0.859. The second-order valence-electron chi connectivity index (χ2n) is 2.29. The lowest BCUT2D eigenvalue weighted by Gasteiger charge is -1.94. The number of rotatable bonds is 1. The molecule has 0 heterocycles. The summed E-state index contributed by atoms with van der Waals surface area (Å²) in [4.78, 5) is 0. The van der Waals surface area contributed by atoms with Crippen LogP contribution in [0.5, 0.6) is 0 Å². The van der Waals surface area contributed by atoms with E-state index >= 15 is 0 Å². The largest absolute Gasteiger partial charge is 0.113 e. The van der Waals surface area contributed by atoms with Crippen LogP contribution in [0.1, 0.15) is 5.56 Å². The van der Waals surface area contributed by atoms with E-state index in [1.807, 2.05) is 24.3 Å². The molecule has 62 valence electrons. The molecule has 0 aliphatic rings. The lowest BCUT2D eigenvalue weighted by Crippen LogP contribution is -1.80. The zero-order chi connectivity index (χ0) is 8.81. The Balaban J connectivity index is 2.63. The Labute approximate surface area is 82.5 Å². The van der Waals surface area contributed by atoms with Crippen molar-refractivity contribution in [1.29, 1.82) is 0 Å². The molecule has 12 heavy (non-hydrogen) atoms. The van der Waals surface area contributed by atoms with Gasteiger partial charge in [-0.2, -0.15) is 0 Å². The Morgan fingerprint density at radius 2 is 2.08 bits per heavy atom. The van der Waals surface area contributed by atoms with Gasteiger partial charge in [0.15, 0.2) is 0 Å². The van der Waals surface area contributed by atoms with E-state index in [4.69, 9.17) is 23.2 Å². The number of hydrogen-bond donors (Lipinski definition) is 0. The maximum absolute atomic E-state index is 5.78. The summed E-state index contributed by atoms with van der Waals surface area (Å²) < 4.78 is 0. The quantitative estimate of drug-likeness (QED) is 0.481. The van der Waals surface area contributed by atoms with Gasteiger partial charge >= 0.3 is 0 Å². The summed E-state index contributed by atoms with van der Waals surface area (Å²) in [5.41, 5.74) is 1.13. The molecule has 0 radical (unpaired) electrons. The standard InChI is InChI=1S/C10H8Cl2/c11-7-2-1-4-9-5-3-6-10(12)8-9/h3,5-6,8H,4,7H2. The van der Waals surface area contributed by atoms with Crippen molar-refractivity contribution in [3.63, 3.8) is 0 Å². The third kappa shape index (κ3) is 3.17. The van der Waals surface area contributed by atoms with Crippen molar-refractivity contribution >= 4 is 23.2 Å². The van der Waals surface area contributed by atoms with Gasteiger partial charge in [0.25, 0.3) is 0 Å². The lowest BCUT2D eigenvalue weighted by molar-refractivity contribution is 1.32. The molecule has 0 unspecified atom stereocenters. The minimum absolute atomic E-state index is 0.389. The maximum atomic E-state index is 5.78. The Bertz CT molecular complexity index is 307. The van der Waals surface area contributed by atoms with Crippen LogP contribution in [0, 0.1) is 11.8 Å². The van der Waals surface area contributed by atoms with E-state index in [-0.39, 0.29) is 0 Å². The Morgan fingerprint density at radius 1 is 1.25 bits per heavy atom. The van der Waals surface area contributed by atoms with Crippen LogP contribution in [0.25, 0.3) is 0 Å². The first-order valence-electron chi connectivity index (χ1n) is 3.59. The zero-order valence-corrected chi connectivity index (χ0v) is 7.99. The van der Waals surface area contributed by atoms with Crippen LogP contribution in [0.3, 0.4) is 0 Å². The Morgan fingerprint density at radius 3 is 2.75 bits per heavy atom. The highest BCUT2D eigenvalue weighted by molar-refractivity contribution is 6.30. The highest BCUT2D eigenvalue weighted by Crippen LogP contribution is 2.10. The van der Waals surface area contributed by atoms with Gasteiger partial charge in [0.1, 0.15) is 0 Å². The SMILES string of the molecule is ClCC#CCc1cccc(Cl)c1. The van der Waals surface area contributed by atoms with Crippen LogP contribution in [0.2, 0.25) is 5.02 Å². The molecule has 0 saturated carbocycles. The van der Waals surface area contributed by atoms with Crippen molar-refractivity contribution < 1.29 is 0 Å². The van der Waals surface area contributed by atoms with Gasteiger partial charge in [-0.1, -0.05) is 35.6 Å². The van der Waals surface area contributed by atoms with Crippen LogP contribution in [0.4, 0.5) is 0 Å². The number of benzene rings is 1. The first-order chi connectivity index (χ1) is 5.83. The second kappa shape index (κ2) is 5.09. The van der Waals surface area contributed by atoms with E-state index in [2.05, 4.69) is 11.8 Å². The first-order valence-corrected chi connectivity index (χ1v) is 4.50. The van der Waals surface area contributed by atoms with E-state index in [1.54, 1.807) is 0 Å². The van der Waals surface area contributed by atoms with E-state index in [9.17, 15) is 0 Å². The smallest absolute Gasteiger partial charge is 0.0835 e. The Kier molecular flexibility index (Phi) is 4.00. The van der Waals surface area contributed by atoms with Gasteiger partial charge in [0.05, 0.1) is 5.88 Å². The van der Waals surface area contributed by atoms with Crippen molar-refractivity contribution in [3.05, 3.63) is 34.9 Å². The number of halogens is 2. The molecule has 1 aromatic carbocycles. The number of hydrogen-bond acceptors (Lipinski definition) is 0. The molecule has 2 heteroatoms. The third-order valence-corrected chi connectivity index (χ3v) is 1.74. The molecule has 0 nitrogen and oxygen atoms in total. The van der Waals surface area contributed by atoms with E-state index in [0.717, 1.165) is 10.6 Å². The fourth-order valence-corrected chi connectivity index (χ4v) is 1.17. The van der Waals surface area contributed by atoms with Gasteiger partial charge in [-0.25, -0.2) is 0 Å². The molecule has 1 aromatic rings. The average molecular weight is 199 g/mol. The molecule has 0 atom stereocenters. The monoisotopic (exact) mass is 198 g/mol. The predicted molar refractivity (Wildman–Crippen MR) is 53.7 cm³/mol. The summed E-state index contributed by atoms with van der Waals surface area (Å²) in [6, 6.07) is 7.67.